The average molecular weight is 372 g/mol. The molecule has 0 aliphatic carbocycles. The zero-order chi connectivity index (χ0) is 16.1. The van der Waals surface area contributed by atoms with Gasteiger partial charge < -0.3 is 9.64 Å². The van der Waals surface area contributed by atoms with Crippen LogP contribution in [-0.2, 0) is 4.74 Å². The number of morpholine rings is 1. The molecule has 3 rings (SSSR count). The molecule has 0 bridgehead atoms. The Bertz CT molecular complexity index is 704. The molecule has 0 atom stereocenters. The SMILES string of the molecule is O=C(/C=C/c1ccc(N2CCOCC2)cc1)c1cccc(Br)c1. The molecule has 2 aromatic carbocycles. The molecule has 4 heteroatoms. The van der Waals surface area contributed by atoms with Gasteiger partial charge in [0.1, 0.15) is 0 Å². The summed E-state index contributed by atoms with van der Waals surface area (Å²) in [5, 5.41) is 0. The zero-order valence-corrected chi connectivity index (χ0v) is 14.3. The number of rotatable bonds is 4. The molecular formula is C19H18BrNO2. The van der Waals surface area contributed by atoms with Gasteiger partial charge in [-0.3, -0.25) is 4.79 Å². The molecule has 23 heavy (non-hydrogen) atoms. The third-order valence-corrected chi connectivity index (χ3v) is 4.30. The first-order valence-electron chi connectivity index (χ1n) is 7.63. The Balaban J connectivity index is 1.66. The lowest BCUT2D eigenvalue weighted by atomic mass is 10.1. The molecular weight excluding hydrogens is 354 g/mol. The van der Waals surface area contributed by atoms with Crippen molar-refractivity contribution in [2.24, 2.45) is 0 Å². The summed E-state index contributed by atoms with van der Waals surface area (Å²) in [5.41, 5.74) is 2.90. The second-order valence-electron chi connectivity index (χ2n) is 5.40. The van der Waals surface area contributed by atoms with E-state index in [9.17, 15) is 4.79 Å². The fourth-order valence-corrected chi connectivity index (χ4v) is 2.93. The Morgan fingerprint density at radius 3 is 2.52 bits per heavy atom. The molecule has 1 aliphatic rings. The summed E-state index contributed by atoms with van der Waals surface area (Å²) in [5.74, 6) is 0.00329. The molecule has 0 saturated carbocycles. The minimum atomic E-state index is 0.00329. The number of halogens is 1. The highest BCUT2D eigenvalue weighted by molar-refractivity contribution is 9.10. The fraction of sp³-hybridized carbons (Fsp3) is 0.211. The highest BCUT2D eigenvalue weighted by Gasteiger charge is 2.10. The van der Waals surface area contributed by atoms with Gasteiger partial charge in [0.2, 0.25) is 0 Å². The molecule has 1 saturated heterocycles. The molecule has 1 aliphatic heterocycles. The zero-order valence-electron chi connectivity index (χ0n) is 12.7. The van der Waals surface area contributed by atoms with E-state index in [-0.39, 0.29) is 5.78 Å². The van der Waals surface area contributed by atoms with Crippen LogP contribution in [0, 0.1) is 0 Å². The van der Waals surface area contributed by atoms with Gasteiger partial charge in [-0.25, -0.2) is 0 Å². The maximum absolute atomic E-state index is 12.2. The number of anilines is 1. The lowest BCUT2D eigenvalue weighted by Gasteiger charge is -2.28. The second kappa shape index (κ2) is 7.57. The van der Waals surface area contributed by atoms with Crippen molar-refractivity contribution in [2.45, 2.75) is 0 Å². The van der Waals surface area contributed by atoms with Crippen LogP contribution in [-0.4, -0.2) is 32.1 Å². The molecule has 1 fully saturated rings. The summed E-state index contributed by atoms with van der Waals surface area (Å²) in [7, 11) is 0. The van der Waals surface area contributed by atoms with Crippen LogP contribution < -0.4 is 4.90 Å². The summed E-state index contributed by atoms with van der Waals surface area (Å²) in [6, 6.07) is 15.7. The van der Waals surface area contributed by atoms with Gasteiger partial charge in [-0.05, 0) is 35.9 Å². The maximum atomic E-state index is 12.2. The number of hydrogen-bond acceptors (Lipinski definition) is 3. The largest absolute Gasteiger partial charge is 0.378 e. The number of ether oxygens (including phenoxy) is 1. The number of carbonyl (C=O) groups excluding carboxylic acids is 1. The standard InChI is InChI=1S/C19H18BrNO2/c20-17-3-1-2-16(14-17)19(22)9-6-15-4-7-18(8-5-15)21-10-12-23-13-11-21/h1-9,14H,10-13H2/b9-6+. The summed E-state index contributed by atoms with van der Waals surface area (Å²) in [6.45, 7) is 3.42. The smallest absolute Gasteiger partial charge is 0.185 e. The van der Waals surface area contributed by atoms with Gasteiger partial charge in [0.25, 0.3) is 0 Å². The van der Waals surface area contributed by atoms with Gasteiger partial charge in [-0.15, -0.1) is 0 Å². The van der Waals surface area contributed by atoms with E-state index in [0.29, 0.717) is 5.56 Å². The van der Waals surface area contributed by atoms with Gasteiger partial charge in [0.05, 0.1) is 13.2 Å². The first-order valence-corrected chi connectivity index (χ1v) is 8.42. The number of nitrogens with zero attached hydrogens (tertiary/aromatic N) is 1. The number of ketones is 1. The van der Waals surface area contributed by atoms with Gasteiger partial charge in [-0.2, -0.15) is 0 Å². The van der Waals surface area contributed by atoms with E-state index in [4.69, 9.17) is 4.74 Å². The van der Waals surface area contributed by atoms with Gasteiger partial charge >= 0.3 is 0 Å². The molecule has 0 aromatic heterocycles. The Hall–Kier alpha value is -1.91. The monoisotopic (exact) mass is 371 g/mol. The molecule has 1 heterocycles. The van der Waals surface area contributed by atoms with E-state index < -0.39 is 0 Å². The van der Waals surface area contributed by atoms with Crippen LogP contribution in [0.1, 0.15) is 15.9 Å². The molecule has 0 amide bonds. The summed E-state index contributed by atoms with van der Waals surface area (Å²) in [6.07, 6.45) is 3.47. The van der Waals surface area contributed by atoms with E-state index >= 15 is 0 Å². The molecule has 0 radical (unpaired) electrons. The first-order chi connectivity index (χ1) is 11.2. The van der Waals surface area contributed by atoms with E-state index in [1.54, 1.807) is 6.08 Å². The summed E-state index contributed by atoms with van der Waals surface area (Å²) in [4.78, 5) is 14.5. The maximum Gasteiger partial charge on any atom is 0.185 e. The van der Waals surface area contributed by atoms with Crippen molar-refractivity contribution in [2.75, 3.05) is 31.2 Å². The van der Waals surface area contributed by atoms with Gasteiger partial charge in [-0.1, -0.05) is 46.3 Å². The molecule has 0 spiro atoms. The third kappa shape index (κ3) is 4.30. The number of benzene rings is 2. The van der Waals surface area contributed by atoms with E-state index in [1.165, 1.54) is 5.69 Å². The quantitative estimate of drug-likeness (QED) is 0.596. The summed E-state index contributed by atoms with van der Waals surface area (Å²) < 4.78 is 6.28. The van der Waals surface area contributed by atoms with Crippen LogP contribution in [0.25, 0.3) is 6.08 Å². The lowest BCUT2D eigenvalue weighted by molar-refractivity contribution is 0.104. The molecule has 2 aromatic rings. The number of hydrogen-bond donors (Lipinski definition) is 0. The first kappa shape index (κ1) is 16.0. The van der Waals surface area contributed by atoms with Crippen LogP contribution in [0.5, 0.6) is 0 Å². The van der Waals surface area contributed by atoms with Crippen molar-refractivity contribution >= 4 is 33.5 Å². The van der Waals surface area contributed by atoms with Crippen molar-refractivity contribution in [1.82, 2.24) is 0 Å². The fourth-order valence-electron chi connectivity index (χ4n) is 2.53. The molecule has 118 valence electrons. The van der Waals surface area contributed by atoms with E-state index in [0.717, 1.165) is 36.3 Å². The van der Waals surface area contributed by atoms with E-state index in [2.05, 4.69) is 33.0 Å². The highest BCUT2D eigenvalue weighted by Crippen LogP contribution is 2.18. The minimum absolute atomic E-state index is 0.00329. The van der Waals surface area contributed by atoms with Crippen molar-refractivity contribution < 1.29 is 9.53 Å². The second-order valence-corrected chi connectivity index (χ2v) is 6.31. The Labute approximate surface area is 144 Å². The molecule has 0 N–H and O–H groups in total. The van der Waals surface area contributed by atoms with Crippen molar-refractivity contribution in [3.8, 4) is 0 Å². The highest BCUT2D eigenvalue weighted by atomic mass is 79.9. The van der Waals surface area contributed by atoms with Crippen molar-refractivity contribution in [1.29, 1.82) is 0 Å². The Morgan fingerprint density at radius 1 is 1.09 bits per heavy atom. The molecule has 0 unspecified atom stereocenters. The topological polar surface area (TPSA) is 29.5 Å². The lowest BCUT2D eigenvalue weighted by Crippen LogP contribution is -2.36. The van der Waals surface area contributed by atoms with Crippen molar-refractivity contribution in [3.63, 3.8) is 0 Å². The van der Waals surface area contributed by atoms with Crippen LogP contribution in [0.15, 0.2) is 59.1 Å². The average Bonchev–Trinajstić information content (AvgIpc) is 2.61. The van der Waals surface area contributed by atoms with Crippen LogP contribution >= 0.6 is 15.9 Å². The van der Waals surface area contributed by atoms with Crippen LogP contribution in [0.4, 0.5) is 5.69 Å². The van der Waals surface area contributed by atoms with Gasteiger partial charge in [0, 0.05) is 28.8 Å². The van der Waals surface area contributed by atoms with Gasteiger partial charge in [0.15, 0.2) is 5.78 Å². The van der Waals surface area contributed by atoms with Crippen LogP contribution in [0.3, 0.4) is 0 Å². The molecule has 3 nitrogen and oxygen atoms in total. The summed E-state index contributed by atoms with van der Waals surface area (Å²) >= 11 is 3.38. The normalized spacial score (nSPS) is 15.1. The van der Waals surface area contributed by atoms with Crippen molar-refractivity contribution in [3.05, 3.63) is 70.2 Å². The predicted molar refractivity (Wildman–Crippen MR) is 97.0 cm³/mol. The number of allylic oxidation sites excluding steroid dienone is 1. The number of carbonyl (C=O) groups is 1. The van der Waals surface area contributed by atoms with Crippen LogP contribution in [0.2, 0.25) is 0 Å². The minimum Gasteiger partial charge on any atom is -0.378 e. The Morgan fingerprint density at radius 2 is 1.83 bits per heavy atom. The Kier molecular flexibility index (Phi) is 5.26. The third-order valence-electron chi connectivity index (χ3n) is 3.81. The van der Waals surface area contributed by atoms with E-state index in [1.807, 2.05) is 42.5 Å². The predicted octanol–water partition coefficient (Wildman–Crippen LogP) is 4.18.